The van der Waals surface area contributed by atoms with Crippen molar-refractivity contribution in [2.24, 2.45) is 0 Å². The number of aromatic nitrogens is 3. The van der Waals surface area contributed by atoms with Gasteiger partial charge in [-0.1, -0.05) is 11.6 Å². The average molecular weight is 468 g/mol. The Labute approximate surface area is 194 Å². The average Bonchev–Trinajstić information content (AvgIpc) is 3.22. The lowest BCUT2D eigenvalue weighted by atomic mass is 10.2. The number of carbonyl (C=O) groups excluding carboxylic acids is 1. The zero-order chi connectivity index (χ0) is 22.7. The molecule has 0 spiro atoms. The molecule has 8 nitrogen and oxygen atoms in total. The van der Waals surface area contributed by atoms with Gasteiger partial charge in [0.2, 0.25) is 0 Å². The summed E-state index contributed by atoms with van der Waals surface area (Å²) in [6.45, 7) is 0. The summed E-state index contributed by atoms with van der Waals surface area (Å²) in [7, 11) is 3.09. The van der Waals surface area contributed by atoms with E-state index in [2.05, 4.69) is 20.8 Å². The molecule has 0 unspecified atom stereocenters. The number of nitrogens with one attached hydrogen (secondary N) is 2. The highest BCUT2D eigenvalue weighted by molar-refractivity contribution is 7.80. The van der Waals surface area contributed by atoms with E-state index in [0.29, 0.717) is 27.5 Å². The van der Waals surface area contributed by atoms with E-state index < -0.39 is 5.91 Å². The Bertz CT molecular complexity index is 1310. The number of rotatable bonds is 5. The Balaban J connectivity index is 1.48. The number of carbonyl (C=O) groups is 1. The molecule has 0 aliphatic carbocycles. The van der Waals surface area contributed by atoms with Crippen LogP contribution in [-0.4, -0.2) is 40.2 Å². The lowest BCUT2D eigenvalue weighted by Crippen LogP contribution is -2.34. The molecule has 0 aliphatic heterocycles. The molecule has 0 atom stereocenters. The molecule has 1 amide bonds. The lowest BCUT2D eigenvalue weighted by Gasteiger charge is -2.12. The first kappa shape index (κ1) is 21.5. The van der Waals surface area contributed by atoms with Crippen LogP contribution in [0.25, 0.3) is 16.7 Å². The molecule has 32 heavy (non-hydrogen) atoms. The normalized spacial score (nSPS) is 10.6. The number of amides is 1. The van der Waals surface area contributed by atoms with Crippen LogP contribution in [-0.2, 0) is 0 Å². The number of fused-ring (bicyclic) bond motifs is 1. The number of ether oxygens (including phenoxy) is 2. The van der Waals surface area contributed by atoms with E-state index in [1.165, 1.54) is 13.2 Å². The van der Waals surface area contributed by atoms with Crippen LogP contribution in [0.4, 0.5) is 5.69 Å². The summed E-state index contributed by atoms with van der Waals surface area (Å²) in [5.74, 6) is 0.711. The van der Waals surface area contributed by atoms with Crippen LogP contribution < -0.4 is 20.1 Å². The van der Waals surface area contributed by atoms with Gasteiger partial charge in [-0.25, -0.2) is 0 Å². The van der Waals surface area contributed by atoms with Gasteiger partial charge in [0.25, 0.3) is 5.91 Å². The smallest absolute Gasteiger partial charge is 0.261 e. The van der Waals surface area contributed by atoms with E-state index in [4.69, 9.17) is 33.3 Å². The van der Waals surface area contributed by atoms with Crippen molar-refractivity contribution in [3.05, 3.63) is 71.2 Å². The number of hydrogen-bond acceptors (Lipinski definition) is 6. The van der Waals surface area contributed by atoms with E-state index in [-0.39, 0.29) is 10.7 Å². The number of methoxy groups -OCH3 is 2. The number of nitrogens with zero attached hydrogens (tertiary/aromatic N) is 3. The summed E-state index contributed by atoms with van der Waals surface area (Å²) >= 11 is 11.3. The second-order valence-electron chi connectivity index (χ2n) is 6.64. The SMILES string of the molecule is COc1ccc(-n2nc3ccc(NC(=S)NC(=O)c4cc(Cl)ccc4OC)cc3n2)cc1. The van der Waals surface area contributed by atoms with Gasteiger partial charge in [-0.3, -0.25) is 10.1 Å². The monoisotopic (exact) mass is 467 g/mol. The van der Waals surface area contributed by atoms with E-state index >= 15 is 0 Å². The van der Waals surface area contributed by atoms with Gasteiger partial charge in [0.15, 0.2) is 5.11 Å². The van der Waals surface area contributed by atoms with Gasteiger partial charge in [-0.05, 0) is 72.9 Å². The fourth-order valence-corrected chi connectivity index (χ4v) is 3.40. The Kier molecular flexibility index (Phi) is 6.20. The van der Waals surface area contributed by atoms with Crippen molar-refractivity contribution in [2.45, 2.75) is 0 Å². The molecule has 1 aromatic heterocycles. The fourth-order valence-electron chi connectivity index (χ4n) is 3.01. The second kappa shape index (κ2) is 9.21. The number of benzene rings is 3. The Morgan fingerprint density at radius 2 is 1.72 bits per heavy atom. The largest absolute Gasteiger partial charge is 0.497 e. The first-order valence-electron chi connectivity index (χ1n) is 9.44. The van der Waals surface area contributed by atoms with E-state index in [1.54, 1.807) is 36.2 Å². The van der Waals surface area contributed by atoms with Gasteiger partial charge in [-0.2, -0.15) is 4.80 Å². The third kappa shape index (κ3) is 4.63. The summed E-state index contributed by atoms with van der Waals surface area (Å²) in [4.78, 5) is 14.1. The summed E-state index contributed by atoms with van der Waals surface area (Å²) < 4.78 is 10.4. The van der Waals surface area contributed by atoms with E-state index in [9.17, 15) is 4.79 Å². The topological polar surface area (TPSA) is 90.3 Å². The van der Waals surface area contributed by atoms with Gasteiger partial charge >= 0.3 is 0 Å². The molecule has 0 radical (unpaired) electrons. The minimum Gasteiger partial charge on any atom is -0.497 e. The van der Waals surface area contributed by atoms with Crippen molar-refractivity contribution in [3.8, 4) is 17.2 Å². The van der Waals surface area contributed by atoms with Crippen LogP contribution in [0.5, 0.6) is 11.5 Å². The number of halogens is 1. The van der Waals surface area contributed by atoms with Crippen LogP contribution in [0.3, 0.4) is 0 Å². The quantitative estimate of drug-likeness (QED) is 0.425. The van der Waals surface area contributed by atoms with Crippen molar-refractivity contribution in [2.75, 3.05) is 19.5 Å². The molecule has 0 bridgehead atoms. The maximum absolute atomic E-state index is 12.6. The lowest BCUT2D eigenvalue weighted by molar-refractivity contribution is 0.0975. The van der Waals surface area contributed by atoms with Gasteiger partial charge in [0, 0.05) is 10.7 Å². The van der Waals surface area contributed by atoms with Gasteiger partial charge in [0.1, 0.15) is 22.5 Å². The van der Waals surface area contributed by atoms with E-state index in [1.807, 2.05) is 30.3 Å². The summed E-state index contributed by atoms with van der Waals surface area (Å²) in [6, 6.07) is 17.6. The van der Waals surface area contributed by atoms with Crippen LogP contribution in [0.1, 0.15) is 10.4 Å². The van der Waals surface area contributed by atoms with Crippen molar-refractivity contribution in [3.63, 3.8) is 0 Å². The van der Waals surface area contributed by atoms with Crippen LogP contribution in [0.2, 0.25) is 5.02 Å². The molecular weight excluding hydrogens is 450 g/mol. The Morgan fingerprint density at radius 1 is 0.969 bits per heavy atom. The molecular formula is C22H18ClN5O3S. The van der Waals surface area contributed by atoms with Crippen molar-refractivity contribution in [1.82, 2.24) is 20.3 Å². The molecule has 4 rings (SSSR count). The first-order chi connectivity index (χ1) is 15.5. The molecule has 1 heterocycles. The summed E-state index contributed by atoms with van der Waals surface area (Å²) in [5, 5.41) is 15.1. The molecule has 0 fully saturated rings. The molecule has 0 aliphatic rings. The van der Waals surface area contributed by atoms with E-state index in [0.717, 1.165) is 11.4 Å². The molecule has 10 heteroatoms. The van der Waals surface area contributed by atoms with Crippen molar-refractivity contribution < 1.29 is 14.3 Å². The highest BCUT2D eigenvalue weighted by Gasteiger charge is 2.15. The zero-order valence-electron chi connectivity index (χ0n) is 17.1. The first-order valence-corrected chi connectivity index (χ1v) is 10.2. The van der Waals surface area contributed by atoms with Crippen LogP contribution >= 0.6 is 23.8 Å². The molecule has 4 aromatic rings. The minimum absolute atomic E-state index is 0.124. The highest BCUT2D eigenvalue weighted by atomic mass is 35.5. The minimum atomic E-state index is -0.437. The standard InChI is InChI=1S/C22H18ClN5O3S/c1-30-16-7-5-15(6-8-16)28-26-18-9-4-14(12-19(18)27-28)24-22(32)25-21(29)17-11-13(23)3-10-20(17)31-2/h3-12H,1-2H3,(H2,24,25,29,32). The number of thiocarbonyl (C=S) groups is 1. The predicted octanol–water partition coefficient (Wildman–Crippen LogP) is 4.22. The van der Waals surface area contributed by atoms with Gasteiger partial charge < -0.3 is 14.8 Å². The Morgan fingerprint density at radius 3 is 2.44 bits per heavy atom. The fraction of sp³-hybridized carbons (Fsp3) is 0.0909. The Hall–Kier alpha value is -3.69. The maximum atomic E-state index is 12.6. The highest BCUT2D eigenvalue weighted by Crippen LogP contribution is 2.23. The van der Waals surface area contributed by atoms with Crippen molar-refractivity contribution >= 4 is 51.6 Å². The predicted molar refractivity (Wildman–Crippen MR) is 127 cm³/mol. The van der Waals surface area contributed by atoms with Crippen LogP contribution in [0, 0.1) is 0 Å². The molecule has 162 valence electrons. The third-order valence-electron chi connectivity index (χ3n) is 4.57. The third-order valence-corrected chi connectivity index (χ3v) is 5.01. The maximum Gasteiger partial charge on any atom is 0.261 e. The molecule has 3 aromatic carbocycles. The summed E-state index contributed by atoms with van der Waals surface area (Å²) in [6.07, 6.45) is 0. The zero-order valence-corrected chi connectivity index (χ0v) is 18.7. The molecule has 0 saturated carbocycles. The number of anilines is 1. The van der Waals surface area contributed by atoms with Gasteiger partial charge in [0.05, 0.1) is 25.5 Å². The second-order valence-corrected chi connectivity index (χ2v) is 7.49. The number of hydrogen-bond donors (Lipinski definition) is 2. The molecule has 2 N–H and O–H groups in total. The summed E-state index contributed by atoms with van der Waals surface area (Å²) in [5.41, 5.74) is 3.11. The van der Waals surface area contributed by atoms with Crippen molar-refractivity contribution in [1.29, 1.82) is 0 Å². The van der Waals surface area contributed by atoms with Gasteiger partial charge in [-0.15, -0.1) is 10.2 Å². The van der Waals surface area contributed by atoms with Crippen LogP contribution in [0.15, 0.2) is 60.7 Å². The molecule has 0 saturated heterocycles.